The molecule has 5 rings (SSSR count). The number of ether oxygens (including phenoxy) is 2. The van der Waals surface area contributed by atoms with Crippen molar-refractivity contribution in [2.45, 2.75) is 5.92 Å². The third-order valence-corrected chi connectivity index (χ3v) is 5.95. The molecule has 1 atom stereocenters. The van der Waals surface area contributed by atoms with E-state index in [9.17, 15) is 15.4 Å². The number of hydrogen-bond acceptors (Lipinski definition) is 6. The highest BCUT2D eigenvalue weighted by atomic mass is 16.6. The maximum Gasteiger partial charge on any atom is 0.269 e. The summed E-state index contributed by atoms with van der Waals surface area (Å²) in [6.07, 6.45) is 1.63. The van der Waals surface area contributed by atoms with E-state index in [0.717, 1.165) is 33.2 Å². The molecule has 7 nitrogen and oxygen atoms in total. The third kappa shape index (κ3) is 4.09. The summed E-state index contributed by atoms with van der Waals surface area (Å²) in [6, 6.07) is 27.6. The number of aliphatic imine (C=N–C) groups is 1. The van der Waals surface area contributed by atoms with E-state index in [1.165, 1.54) is 12.1 Å². The van der Waals surface area contributed by atoms with E-state index in [-0.39, 0.29) is 11.6 Å². The van der Waals surface area contributed by atoms with Crippen LogP contribution in [0, 0.1) is 21.4 Å². The monoisotopic (exact) mass is 461 g/mol. The first-order chi connectivity index (χ1) is 17.1. The van der Waals surface area contributed by atoms with Crippen molar-refractivity contribution < 1.29 is 14.4 Å². The van der Waals surface area contributed by atoms with Crippen molar-refractivity contribution in [2.75, 3.05) is 7.11 Å². The lowest BCUT2D eigenvalue weighted by atomic mass is 9.81. The van der Waals surface area contributed by atoms with Crippen molar-refractivity contribution in [1.29, 1.82) is 5.26 Å². The van der Waals surface area contributed by atoms with Gasteiger partial charge in [-0.25, -0.2) is 4.99 Å². The van der Waals surface area contributed by atoms with Gasteiger partial charge >= 0.3 is 0 Å². The number of nitro groups is 1. The predicted molar refractivity (Wildman–Crippen MR) is 133 cm³/mol. The summed E-state index contributed by atoms with van der Waals surface area (Å²) < 4.78 is 11.3. The first-order valence-corrected chi connectivity index (χ1v) is 10.9. The molecule has 7 heteroatoms. The molecule has 35 heavy (non-hydrogen) atoms. The SMILES string of the molecule is COc1ccc(/C=N/C2=C(C#N)C(c3ccc([N+](=O)[O-])cc3)c3c(ccc4ccccc34)O2)cc1. The van der Waals surface area contributed by atoms with E-state index in [1.54, 1.807) is 25.5 Å². The Hall–Kier alpha value is -4.96. The second kappa shape index (κ2) is 9.12. The van der Waals surface area contributed by atoms with E-state index < -0.39 is 10.8 Å². The van der Waals surface area contributed by atoms with Gasteiger partial charge in [0.15, 0.2) is 0 Å². The van der Waals surface area contributed by atoms with Crippen LogP contribution in [0.2, 0.25) is 0 Å². The van der Waals surface area contributed by atoms with E-state index in [0.29, 0.717) is 11.3 Å². The molecule has 0 saturated heterocycles. The zero-order valence-corrected chi connectivity index (χ0v) is 18.7. The fourth-order valence-electron chi connectivity index (χ4n) is 4.24. The highest BCUT2D eigenvalue weighted by molar-refractivity contribution is 5.90. The maximum atomic E-state index is 11.2. The van der Waals surface area contributed by atoms with Gasteiger partial charge in [-0.05, 0) is 52.2 Å². The van der Waals surface area contributed by atoms with Crippen LogP contribution >= 0.6 is 0 Å². The van der Waals surface area contributed by atoms with Crippen molar-refractivity contribution >= 4 is 22.7 Å². The Morgan fingerprint density at radius 3 is 2.46 bits per heavy atom. The molecular formula is C28H19N3O4. The number of non-ortho nitro benzene ring substituents is 1. The number of allylic oxidation sites excluding steroid dienone is 1. The Morgan fingerprint density at radius 1 is 1.03 bits per heavy atom. The number of fused-ring (bicyclic) bond motifs is 3. The molecule has 1 aliphatic rings. The molecule has 1 unspecified atom stereocenters. The van der Waals surface area contributed by atoms with Gasteiger partial charge in [0.2, 0.25) is 5.88 Å². The number of rotatable bonds is 5. The third-order valence-electron chi connectivity index (χ3n) is 5.95. The molecule has 0 fully saturated rings. The molecule has 0 aliphatic carbocycles. The second-order valence-electron chi connectivity index (χ2n) is 7.94. The largest absolute Gasteiger partial charge is 0.497 e. The van der Waals surface area contributed by atoms with Crippen LogP contribution in [0.5, 0.6) is 11.5 Å². The minimum absolute atomic E-state index is 0.0146. The van der Waals surface area contributed by atoms with Crippen LogP contribution < -0.4 is 9.47 Å². The summed E-state index contributed by atoms with van der Waals surface area (Å²) in [7, 11) is 1.60. The van der Waals surface area contributed by atoms with Gasteiger partial charge < -0.3 is 9.47 Å². The van der Waals surface area contributed by atoms with Gasteiger partial charge in [0.05, 0.1) is 18.0 Å². The molecule has 0 saturated carbocycles. The summed E-state index contributed by atoms with van der Waals surface area (Å²) in [6.45, 7) is 0. The molecule has 1 heterocycles. The number of nitriles is 1. The van der Waals surface area contributed by atoms with Crippen molar-refractivity contribution in [2.24, 2.45) is 4.99 Å². The number of benzene rings is 4. The molecule has 0 bridgehead atoms. The summed E-state index contributed by atoms with van der Waals surface area (Å²) >= 11 is 0. The van der Waals surface area contributed by atoms with Crippen LogP contribution in [0.3, 0.4) is 0 Å². The quantitative estimate of drug-likeness (QED) is 0.202. The second-order valence-corrected chi connectivity index (χ2v) is 7.94. The van der Waals surface area contributed by atoms with Gasteiger partial charge in [-0.15, -0.1) is 0 Å². The van der Waals surface area contributed by atoms with Crippen molar-refractivity contribution in [3.63, 3.8) is 0 Å². The lowest BCUT2D eigenvalue weighted by molar-refractivity contribution is -0.384. The van der Waals surface area contributed by atoms with Gasteiger partial charge in [-0.2, -0.15) is 5.26 Å². The fraction of sp³-hybridized carbons (Fsp3) is 0.0714. The minimum atomic E-state index is -0.501. The van der Waals surface area contributed by atoms with E-state index in [1.807, 2.05) is 60.7 Å². The van der Waals surface area contributed by atoms with E-state index in [2.05, 4.69) is 11.1 Å². The maximum absolute atomic E-state index is 11.2. The Bertz CT molecular complexity index is 1530. The lowest BCUT2D eigenvalue weighted by Gasteiger charge is -2.27. The lowest BCUT2D eigenvalue weighted by Crippen LogP contribution is -2.16. The van der Waals surface area contributed by atoms with E-state index in [4.69, 9.17) is 9.47 Å². The molecule has 0 radical (unpaired) electrons. The fourth-order valence-corrected chi connectivity index (χ4v) is 4.24. The van der Waals surface area contributed by atoms with Crippen LogP contribution in [-0.4, -0.2) is 18.2 Å². The first kappa shape index (κ1) is 21.9. The molecule has 0 N–H and O–H groups in total. The van der Waals surface area contributed by atoms with Crippen LogP contribution in [0.1, 0.15) is 22.6 Å². The predicted octanol–water partition coefficient (Wildman–Crippen LogP) is 6.14. The topological polar surface area (TPSA) is 97.8 Å². The van der Waals surface area contributed by atoms with E-state index >= 15 is 0 Å². The Balaban J connectivity index is 1.67. The number of hydrogen-bond donors (Lipinski definition) is 0. The molecule has 1 aliphatic heterocycles. The van der Waals surface area contributed by atoms with Gasteiger partial charge in [-0.1, -0.05) is 42.5 Å². The van der Waals surface area contributed by atoms with Crippen molar-refractivity contribution in [3.05, 3.63) is 123 Å². The zero-order chi connectivity index (χ0) is 24.4. The highest BCUT2D eigenvalue weighted by Gasteiger charge is 2.33. The van der Waals surface area contributed by atoms with Gasteiger partial charge in [0, 0.05) is 23.9 Å². The van der Waals surface area contributed by atoms with Crippen molar-refractivity contribution in [3.8, 4) is 17.6 Å². The van der Waals surface area contributed by atoms with Crippen molar-refractivity contribution in [1.82, 2.24) is 0 Å². The molecule has 0 spiro atoms. The molecule has 0 amide bonds. The van der Waals surface area contributed by atoms with Gasteiger partial charge in [0.25, 0.3) is 5.69 Å². The zero-order valence-electron chi connectivity index (χ0n) is 18.7. The molecule has 4 aromatic carbocycles. The summed E-state index contributed by atoms with van der Waals surface area (Å²) in [5.41, 5.74) is 2.70. The molecular weight excluding hydrogens is 442 g/mol. The minimum Gasteiger partial charge on any atom is -0.497 e. The summed E-state index contributed by atoms with van der Waals surface area (Å²) in [5.74, 6) is 1.01. The van der Waals surface area contributed by atoms with Crippen LogP contribution in [-0.2, 0) is 0 Å². The molecule has 170 valence electrons. The van der Waals surface area contributed by atoms with Gasteiger partial charge in [-0.3, -0.25) is 10.1 Å². The number of nitrogens with zero attached hydrogens (tertiary/aromatic N) is 3. The Labute approximate surface area is 201 Å². The average Bonchev–Trinajstić information content (AvgIpc) is 2.91. The Kier molecular flexibility index (Phi) is 5.70. The normalized spacial score (nSPS) is 14.9. The first-order valence-electron chi connectivity index (χ1n) is 10.9. The standard InChI is InChI=1S/C28H19N3O4/c1-34-22-13-6-18(7-14-22)17-30-28-24(16-29)26(20-8-11-21(12-9-20)31(32)33)27-23-5-3-2-4-19(23)10-15-25(27)35-28/h2-15,17,26H,1H3/b30-17+. The number of methoxy groups -OCH3 is 1. The average molecular weight is 461 g/mol. The van der Waals surface area contributed by atoms with Crippen LogP contribution in [0.4, 0.5) is 5.69 Å². The van der Waals surface area contributed by atoms with Crippen LogP contribution in [0.25, 0.3) is 10.8 Å². The summed E-state index contributed by atoms with van der Waals surface area (Å²) in [5, 5.41) is 23.4. The summed E-state index contributed by atoms with van der Waals surface area (Å²) in [4.78, 5) is 15.3. The number of nitro benzene ring substituents is 1. The van der Waals surface area contributed by atoms with Crippen LogP contribution in [0.15, 0.2) is 101 Å². The smallest absolute Gasteiger partial charge is 0.269 e. The molecule has 4 aromatic rings. The van der Waals surface area contributed by atoms with Gasteiger partial charge in [0.1, 0.15) is 23.1 Å². The Morgan fingerprint density at radius 2 is 1.77 bits per heavy atom. The molecule has 0 aromatic heterocycles. The highest BCUT2D eigenvalue weighted by Crippen LogP contribution is 2.46.